The van der Waals surface area contributed by atoms with E-state index < -0.39 is 17.6 Å². The number of rotatable bonds is 5. The molecule has 0 saturated heterocycles. The van der Waals surface area contributed by atoms with Gasteiger partial charge in [0.25, 0.3) is 5.91 Å². The zero-order chi connectivity index (χ0) is 27.0. The predicted molar refractivity (Wildman–Crippen MR) is 141 cm³/mol. The van der Waals surface area contributed by atoms with E-state index in [1.54, 1.807) is 36.4 Å². The molecule has 0 bridgehead atoms. The van der Waals surface area contributed by atoms with Crippen LogP contribution in [0.2, 0.25) is 0 Å². The van der Waals surface area contributed by atoms with Gasteiger partial charge in [-0.15, -0.1) is 0 Å². The van der Waals surface area contributed by atoms with E-state index in [1.807, 2.05) is 26.0 Å². The van der Waals surface area contributed by atoms with Gasteiger partial charge in [0.15, 0.2) is 0 Å². The standard InChI is InChI=1S/C30H28F3N3O2/c1-18-14-19(2)16-23(15-18)36-25-17-22(30(31,32)33)12-13-24(25)26(29(36)38)27(20-8-4-3-5-9-20)34-35-28(37)21-10-6-7-11-21/h3-5,8-9,12-17,21,34H,6-7,10-11H2,1-2H3,(H,35,37)/b27-26-. The molecule has 2 amide bonds. The third kappa shape index (κ3) is 4.90. The van der Waals surface area contributed by atoms with Crippen LogP contribution in [-0.4, -0.2) is 11.8 Å². The minimum atomic E-state index is -4.57. The zero-order valence-corrected chi connectivity index (χ0v) is 21.2. The molecule has 5 rings (SSSR count). The molecule has 1 fully saturated rings. The molecular weight excluding hydrogens is 491 g/mol. The third-order valence-corrected chi connectivity index (χ3v) is 7.07. The van der Waals surface area contributed by atoms with E-state index in [9.17, 15) is 22.8 Å². The van der Waals surface area contributed by atoms with Crippen LogP contribution in [0.15, 0.2) is 66.7 Å². The predicted octanol–water partition coefficient (Wildman–Crippen LogP) is 6.68. The summed E-state index contributed by atoms with van der Waals surface area (Å²) in [5.74, 6) is -0.760. The monoisotopic (exact) mass is 519 g/mol. The van der Waals surface area contributed by atoms with Gasteiger partial charge in [0.2, 0.25) is 5.91 Å². The summed E-state index contributed by atoms with van der Waals surface area (Å²) in [6.45, 7) is 3.74. The van der Waals surface area contributed by atoms with Gasteiger partial charge in [-0.05, 0) is 62.1 Å². The van der Waals surface area contributed by atoms with Crippen LogP contribution in [-0.2, 0) is 15.8 Å². The van der Waals surface area contributed by atoms with E-state index >= 15 is 0 Å². The number of anilines is 2. The van der Waals surface area contributed by atoms with Gasteiger partial charge in [-0.1, -0.05) is 55.3 Å². The number of fused-ring (bicyclic) bond motifs is 1. The number of aryl methyl sites for hydroxylation is 2. The van der Waals surface area contributed by atoms with E-state index in [0.29, 0.717) is 22.5 Å². The van der Waals surface area contributed by atoms with Crippen LogP contribution in [0.3, 0.4) is 0 Å². The number of benzene rings is 3. The van der Waals surface area contributed by atoms with Crippen molar-refractivity contribution in [1.82, 2.24) is 10.9 Å². The Hall–Kier alpha value is -4.07. The summed E-state index contributed by atoms with van der Waals surface area (Å²) >= 11 is 0. The van der Waals surface area contributed by atoms with Crippen LogP contribution in [0.5, 0.6) is 0 Å². The topological polar surface area (TPSA) is 61.4 Å². The van der Waals surface area contributed by atoms with Crippen molar-refractivity contribution in [2.75, 3.05) is 4.90 Å². The lowest BCUT2D eigenvalue weighted by atomic mass is 9.99. The van der Waals surface area contributed by atoms with Crippen molar-refractivity contribution in [2.24, 2.45) is 5.92 Å². The van der Waals surface area contributed by atoms with Gasteiger partial charge in [-0.3, -0.25) is 25.3 Å². The highest BCUT2D eigenvalue weighted by Crippen LogP contribution is 2.46. The fourth-order valence-corrected chi connectivity index (χ4v) is 5.32. The Morgan fingerprint density at radius 2 is 1.55 bits per heavy atom. The van der Waals surface area contributed by atoms with Crippen LogP contribution in [0.1, 0.15) is 53.5 Å². The number of hydrogen-bond donors (Lipinski definition) is 2. The fraction of sp³-hybridized carbons (Fsp3) is 0.267. The largest absolute Gasteiger partial charge is 0.416 e. The first-order chi connectivity index (χ1) is 18.1. The van der Waals surface area contributed by atoms with Gasteiger partial charge < -0.3 is 0 Å². The van der Waals surface area contributed by atoms with E-state index in [2.05, 4.69) is 10.9 Å². The lowest BCUT2D eigenvalue weighted by molar-refractivity contribution is -0.137. The van der Waals surface area contributed by atoms with Gasteiger partial charge in [-0.25, -0.2) is 0 Å². The van der Waals surface area contributed by atoms with Crippen LogP contribution in [0.25, 0.3) is 11.3 Å². The molecule has 1 saturated carbocycles. The van der Waals surface area contributed by atoms with Crippen molar-refractivity contribution in [3.05, 3.63) is 94.5 Å². The second kappa shape index (κ2) is 10.0. The number of hydrazine groups is 1. The van der Waals surface area contributed by atoms with Gasteiger partial charge in [0, 0.05) is 22.7 Å². The second-order valence-electron chi connectivity index (χ2n) is 9.93. The number of halogens is 3. The lowest BCUT2D eigenvalue weighted by Crippen LogP contribution is -2.40. The summed E-state index contributed by atoms with van der Waals surface area (Å²) in [5.41, 5.74) is 8.76. The van der Waals surface area contributed by atoms with Crippen LogP contribution < -0.4 is 15.8 Å². The maximum Gasteiger partial charge on any atom is 0.416 e. The quantitative estimate of drug-likeness (QED) is 0.292. The Morgan fingerprint density at radius 3 is 2.18 bits per heavy atom. The van der Waals surface area contributed by atoms with Crippen molar-refractivity contribution in [3.63, 3.8) is 0 Å². The number of carbonyl (C=O) groups excluding carboxylic acids is 2. The van der Waals surface area contributed by atoms with Crippen LogP contribution >= 0.6 is 0 Å². The number of nitrogens with one attached hydrogen (secondary N) is 2. The molecule has 0 unspecified atom stereocenters. The Balaban J connectivity index is 1.68. The molecule has 3 aromatic carbocycles. The summed E-state index contributed by atoms with van der Waals surface area (Å²) < 4.78 is 41.1. The van der Waals surface area contributed by atoms with Crippen molar-refractivity contribution in [2.45, 2.75) is 45.7 Å². The molecule has 0 atom stereocenters. The highest BCUT2D eigenvalue weighted by Gasteiger charge is 2.40. The summed E-state index contributed by atoms with van der Waals surface area (Å²) in [6.07, 6.45) is -0.999. The average Bonchev–Trinajstić information content (AvgIpc) is 3.50. The molecule has 38 heavy (non-hydrogen) atoms. The van der Waals surface area contributed by atoms with Gasteiger partial charge in [0.1, 0.15) is 0 Å². The number of alkyl halides is 3. The highest BCUT2D eigenvalue weighted by atomic mass is 19.4. The van der Waals surface area contributed by atoms with Crippen molar-refractivity contribution < 1.29 is 22.8 Å². The molecule has 5 nitrogen and oxygen atoms in total. The van der Waals surface area contributed by atoms with Gasteiger partial charge >= 0.3 is 6.18 Å². The van der Waals surface area contributed by atoms with E-state index in [0.717, 1.165) is 48.9 Å². The van der Waals surface area contributed by atoms with Crippen LogP contribution in [0.4, 0.5) is 24.5 Å². The van der Waals surface area contributed by atoms with Crippen LogP contribution in [0, 0.1) is 19.8 Å². The Labute approximate surface area is 219 Å². The number of nitrogens with zero attached hydrogens (tertiary/aromatic N) is 1. The SMILES string of the molecule is Cc1cc(C)cc(N2C(=O)/C(=C(\NNC(=O)C3CCCC3)c3ccccc3)c3ccc(C(F)(F)F)cc32)c1. The summed E-state index contributed by atoms with van der Waals surface area (Å²) in [5, 5.41) is 0. The molecule has 0 aromatic heterocycles. The summed E-state index contributed by atoms with van der Waals surface area (Å²) in [7, 11) is 0. The maximum atomic E-state index is 14.1. The minimum Gasteiger partial charge on any atom is -0.297 e. The first-order valence-corrected chi connectivity index (χ1v) is 12.6. The summed E-state index contributed by atoms with van der Waals surface area (Å²) in [6, 6.07) is 17.8. The zero-order valence-electron chi connectivity index (χ0n) is 21.2. The molecule has 3 aromatic rings. The first-order valence-electron chi connectivity index (χ1n) is 12.6. The minimum absolute atomic E-state index is 0.114. The van der Waals surface area contributed by atoms with E-state index in [4.69, 9.17) is 0 Å². The molecule has 2 N–H and O–H groups in total. The molecule has 1 aliphatic heterocycles. The third-order valence-electron chi connectivity index (χ3n) is 7.07. The first kappa shape index (κ1) is 25.6. The highest BCUT2D eigenvalue weighted by molar-refractivity contribution is 6.39. The van der Waals surface area contributed by atoms with Crippen molar-refractivity contribution >= 4 is 34.5 Å². The molecular formula is C30H28F3N3O2. The molecule has 8 heteroatoms. The molecule has 1 aliphatic carbocycles. The normalized spacial score (nSPS) is 17.0. The summed E-state index contributed by atoms with van der Waals surface area (Å²) in [4.78, 5) is 28.2. The van der Waals surface area contributed by atoms with Gasteiger partial charge in [0.05, 0.1) is 22.5 Å². The number of hydrogen-bond acceptors (Lipinski definition) is 3. The number of amides is 2. The lowest BCUT2D eigenvalue weighted by Gasteiger charge is -2.20. The smallest absolute Gasteiger partial charge is 0.297 e. The Kier molecular flexibility index (Phi) is 6.73. The molecule has 0 radical (unpaired) electrons. The van der Waals surface area contributed by atoms with Crippen molar-refractivity contribution in [3.8, 4) is 0 Å². The second-order valence-corrected chi connectivity index (χ2v) is 9.93. The molecule has 2 aliphatic rings. The fourth-order valence-electron chi connectivity index (χ4n) is 5.32. The molecule has 0 spiro atoms. The molecule has 1 heterocycles. The Bertz CT molecular complexity index is 1400. The van der Waals surface area contributed by atoms with Crippen molar-refractivity contribution in [1.29, 1.82) is 0 Å². The van der Waals surface area contributed by atoms with E-state index in [-0.39, 0.29) is 23.1 Å². The maximum absolute atomic E-state index is 14.1. The number of carbonyl (C=O) groups is 2. The van der Waals surface area contributed by atoms with E-state index in [1.165, 1.54) is 11.0 Å². The molecule has 196 valence electrons. The Morgan fingerprint density at radius 1 is 0.895 bits per heavy atom. The average molecular weight is 520 g/mol. The van der Waals surface area contributed by atoms with Gasteiger partial charge in [-0.2, -0.15) is 13.2 Å².